The molecule has 0 bridgehead atoms. The van der Waals surface area contributed by atoms with Crippen molar-refractivity contribution in [2.45, 2.75) is 4.90 Å². The summed E-state index contributed by atoms with van der Waals surface area (Å²) in [5.74, 6) is -0.781. The number of hydrogen-bond acceptors (Lipinski definition) is 3. The maximum Gasteiger partial charge on any atom is 0.261 e. The van der Waals surface area contributed by atoms with Gasteiger partial charge >= 0.3 is 0 Å². The Kier molecular flexibility index (Phi) is 4.44. The van der Waals surface area contributed by atoms with Gasteiger partial charge in [-0.1, -0.05) is 29.3 Å². The van der Waals surface area contributed by atoms with Crippen molar-refractivity contribution in [2.24, 2.45) is 0 Å². The van der Waals surface area contributed by atoms with Crippen molar-refractivity contribution in [3.8, 4) is 11.5 Å². The Morgan fingerprint density at radius 3 is 2.30 bits per heavy atom. The molecule has 0 saturated heterocycles. The van der Waals surface area contributed by atoms with E-state index in [1.165, 1.54) is 30.3 Å². The van der Waals surface area contributed by atoms with Gasteiger partial charge in [0.1, 0.15) is 5.75 Å². The second-order valence-corrected chi connectivity index (χ2v) is 7.06. The van der Waals surface area contributed by atoms with Crippen molar-refractivity contribution in [3.63, 3.8) is 0 Å². The van der Waals surface area contributed by atoms with Gasteiger partial charge in [0.05, 0.1) is 14.9 Å². The van der Waals surface area contributed by atoms with Crippen molar-refractivity contribution in [1.82, 2.24) is 0 Å². The maximum absolute atomic E-state index is 13.7. The van der Waals surface area contributed by atoms with Crippen LogP contribution in [0.1, 0.15) is 0 Å². The number of hydrogen-bond donors (Lipinski definition) is 0. The zero-order valence-corrected chi connectivity index (χ0v) is 12.7. The lowest BCUT2D eigenvalue weighted by atomic mass is 10.3. The molecular weight excluding hydrogens is 350 g/mol. The highest BCUT2D eigenvalue weighted by Crippen LogP contribution is 2.34. The first-order chi connectivity index (χ1) is 9.29. The van der Waals surface area contributed by atoms with E-state index in [2.05, 4.69) is 0 Å². The summed E-state index contributed by atoms with van der Waals surface area (Å²) in [6.45, 7) is 0. The summed E-state index contributed by atoms with van der Waals surface area (Å²) in [5.41, 5.74) is 0. The second-order valence-electron chi connectivity index (χ2n) is 3.68. The molecule has 0 saturated carbocycles. The van der Waals surface area contributed by atoms with Crippen LogP contribution in [0.15, 0.2) is 41.3 Å². The average molecular weight is 356 g/mol. The van der Waals surface area contributed by atoms with Gasteiger partial charge in [0.15, 0.2) is 11.6 Å². The summed E-state index contributed by atoms with van der Waals surface area (Å²) in [6.07, 6.45) is 0. The molecule has 2 aromatic carbocycles. The van der Waals surface area contributed by atoms with Crippen LogP contribution in [-0.4, -0.2) is 8.42 Å². The van der Waals surface area contributed by atoms with E-state index in [4.69, 9.17) is 38.6 Å². The molecule has 2 rings (SSSR count). The van der Waals surface area contributed by atoms with Crippen molar-refractivity contribution in [2.75, 3.05) is 0 Å². The minimum atomic E-state index is -3.89. The van der Waals surface area contributed by atoms with E-state index in [1.54, 1.807) is 0 Å². The first-order valence-electron chi connectivity index (χ1n) is 5.15. The van der Waals surface area contributed by atoms with Crippen LogP contribution in [0.25, 0.3) is 0 Å². The number of ether oxygens (including phenoxy) is 1. The first-order valence-corrected chi connectivity index (χ1v) is 8.21. The third-order valence-electron chi connectivity index (χ3n) is 2.32. The van der Waals surface area contributed by atoms with Crippen molar-refractivity contribution in [1.29, 1.82) is 0 Å². The highest BCUT2D eigenvalue weighted by molar-refractivity contribution is 8.13. The fraction of sp³-hybridized carbons (Fsp3) is 0. The topological polar surface area (TPSA) is 43.4 Å². The predicted octanol–water partition coefficient (Wildman–Crippen LogP) is 4.85. The molecule has 0 fully saturated rings. The lowest BCUT2D eigenvalue weighted by Crippen LogP contribution is -1.93. The molecule has 0 N–H and O–H groups in total. The van der Waals surface area contributed by atoms with Gasteiger partial charge in [-0.15, -0.1) is 0 Å². The van der Waals surface area contributed by atoms with E-state index >= 15 is 0 Å². The van der Waals surface area contributed by atoms with Crippen molar-refractivity contribution >= 4 is 42.9 Å². The minimum absolute atomic E-state index is 0.0221. The number of halogens is 4. The van der Waals surface area contributed by atoms with Gasteiger partial charge in [0.25, 0.3) is 9.05 Å². The molecule has 0 atom stereocenters. The molecule has 3 nitrogen and oxygen atoms in total. The van der Waals surface area contributed by atoms with Gasteiger partial charge in [-0.3, -0.25) is 0 Å². The van der Waals surface area contributed by atoms with E-state index in [9.17, 15) is 12.8 Å². The van der Waals surface area contributed by atoms with Crippen LogP contribution < -0.4 is 4.74 Å². The maximum atomic E-state index is 13.7. The van der Waals surface area contributed by atoms with E-state index in [1.807, 2.05) is 0 Å². The molecule has 0 amide bonds. The molecule has 8 heteroatoms. The van der Waals surface area contributed by atoms with Gasteiger partial charge < -0.3 is 4.74 Å². The molecule has 20 heavy (non-hydrogen) atoms. The van der Waals surface area contributed by atoms with Crippen LogP contribution in [-0.2, 0) is 9.05 Å². The largest absolute Gasteiger partial charge is 0.453 e. The Balaban J connectivity index is 2.38. The summed E-state index contributed by atoms with van der Waals surface area (Å²) in [7, 11) is 1.29. The lowest BCUT2D eigenvalue weighted by molar-refractivity contribution is 0.442. The second kappa shape index (κ2) is 5.77. The number of benzene rings is 2. The van der Waals surface area contributed by atoms with E-state index in [0.717, 1.165) is 6.07 Å². The normalized spacial score (nSPS) is 11.4. The monoisotopic (exact) mass is 354 g/mol. The van der Waals surface area contributed by atoms with Crippen LogP contribution in [0, 0.1) is 5.82 Å². The van der Waals surface area contributed by atoms with Crippen molar-refractivity contribution in [3.05, 3.63) is 52.3 Å². The quantitative estimate of drug-likeness (QED) is 0.739. The Morgan fingerprint density at radius 2 is 1.70 bits per heavy atom. The molecule has 106 valence electrons. The Hall–Kier alpha value is -1.01. The van der Waals surface area contributed by atoms with Crippen LogP contribution >= 0.6 is 33.9 Å². The van der Waals surface area contributed by atoms with E-state index in [0.29, 0.717) is 0 Å². The van der Waals surface area contributed by atoms with Gasteiger partial charge in [-0.25, -0.2) is 12.8 Å². The van der Waals surface area contributed by atoms with Gasteiger partial charge in [-0.2, -0.15) is 0 Å². The van der Waals surface area contributed by atoms with Gasteiger partial charge in [0, 0.05) is 10.7 Å². The third kappa shape index (κ3) is 3.35. The average Bonchev–Trinajstić information content (AvgIpc) is 2.36. The van der Waals surface area contributed by atoms with Gasteiger partial charge in [-0.05, 0) is 30.3 Å². The van der Waals surface area contributed by atoms with Crippen molar-refractivity contribution < 1.29 is 17.5 Å². The molecule has 0 radical (unpaired) electrons. The Bertz CT molecular complexity index is 763. The number of rotatable bonds is 3. The summed E-state index contributed by atoms with van der Waals surface area (Å²) in [4.78, 5) is -0.178. The molecule has 0 spiro atoms. The third-order valence-corrected chi connectivity index (χ3v) is 4.26. The smallest absolute Gasteiger partial charge is 0.261 e. The summed E-state index contributed by atoms with van der Waals surface area (Å²) in [6, 6.07) is 7.83. The van der Waals surface area contributed by atoms with Crippen LogP contribution in [0.5, 0.6) is 11.5 Å². The minimum Gasteiger partial charge on any atom is -0.453 e. The SMILES string of the molecule is O=S(=O)(Cl)c1ccc(Oc2cccc(Cl)c2F)c(Cl)c1. The Labute approximate surface area is 129 Å². The molecular formula is C12H6Cl3FO3S. The summed E-state index contributed by atoms with van der Waals surface area (Å²) in [5, 5.41) is -0.121. The van der Waals surface area contributed by atoms with Crippen LogP contribution in [0.2, 0.25) is 10.0 Å². The molecule has 2 aromatic rings. The molecule has 0 aromatic heterocycles. The fourth-order valence-corrected chi connectivity index (χ4v) is 2.62. The molecule has 0 heterocycles. The van der Waals surface area contributed by atoms with E-state index in [-0.39, 0.29) is 26.4 Å². The molecule has 0 aliphatic rings. The fourth-order valence-electron chi connectivity index (χ4n) is 1.40. The van der Waals surface area contributed by atoms with Gasteiger partial charge in [0.2, 0.25) is 0 Å². The first kappa shape index (κ1) is 15.4. The lowest BCUT2D eigenvalue weighted by Gasteiger charge is -2.09. The molecule has 0 aliphatic heterocycles. The zero-order chi connectivity index (χ0) is 14.9. The van der Waals surface area contributed by atoms with E-state index < -0.39 is 14.9 Å². The summed E-state index contributed by atoms with van der Waals surface area (Å²) < 4.78 is 41.2. The summed E-state index contributed by atoms with van der Waals surface area (Å²) >= 11 is 11.5. The standard InChI is InChI=1S/C12H6Cl3FO3S/c13-8-2-1-3-11(12(8)16)19-10-5-4-7(6-9(10)14)20(15,17)18/h1-6H. The highest BCUT2D eigenvalue weighted by atomic mass is 35.7. The highest BCUT2D eigenvalue weighted by Gasteiger charge is 2.15. The Morgan fingerprint density at radius 1 is 1.00 bits per heavy atom. The zero-order valence-electron chi connectivity index (χ0n) is 9.61. The molecule has 0 aliphatic carbocycles. The van der Waals surface area contributed by atoms with Crippen LogP contribution in [0.4, 0.5) is 4.39 Å². The predicted molar refractivity (Wildman–Crippen MR) is 76.0 cm³/mol. The molecule has 0 unspecified atom stereocenters. The van der Waals surface area contributed by atoms with Crippen LogP contribution in [0.3, 0.4) is 0 Å².